The number of para-hydroxylation sites is 1. The van der Waals surface area contributed by atoms with Crippen LogP contribution in [-0.4, -0.2) is 32.8 Å². The average Bonchev–Trinajstić information content (AvgIpc) is 2.66. The van der Waals surface area contributed by atoms with Crippen molar-refractivity contribution in [2.75, 3.05) is 11.9 Å². The number of benzene rings is 1. The molecule has 0 radical (unpaired) electrons. The number of anilines is 1. The van der Waals surface area contributed by atoms with Crippen LogP contribution in [0.4, 0.5) is 5.69 Å². The lowest BCUT2D eigenvalue weighted by atomic mass is 10.2. The van der Waals surface area contributed by atoms with Gasteiger partial charge in [-0.25, -0.2) is 0 Å². The molecule has 4 nitrogen and oxygen atoms in total. The van der Waals surface area contributed by atoms with Gasteiger partial charge in [0.25, 0.3) is 0 Å². The van der Waals surface area contributed by atoms with E-state index in [9.17, 15) is 9.59 Å². The summed E-state index contributed by atoms with van der Waals surface area (Å²) in [5.41, 5.74) is 0.787. The second kappa shape index (κ2) is 6.85. The van der Waals surface area contributed by atoms with Gasteiger partial charge in [0.15, 0.2) is 0 Å². The molecule has 0 aromatic heterocycles. The SMILES string of the molecule is CC1SC(=S)N(CCCC(=O)Nc2ccccc2)C1=O. The molecule has 2 rings (SSSR count). The van der Waals surface area contributed by atoms with E-state index in [1.54, 1.807) is 4.90 Å². The molecule has 1 aromatic carbocycles. The quantitative estimate of drug-likeness (QED) is 0.850. The highest BCUT2D eigenvalue weighted by Gasteiger charge is 2.33. The molecule has 0 spiro atoms. The molecule has 1 fully saturated rings. The van der Waals surface area contributed by atoms with Gasteiger partial charge < -0.3 is 5.32 Å². The predicted octanol–water partition coefficient (Wildman–Crippen LogP) is 2.65. The molecule has 1 aliphatic heterocycles. The number of nitrogens with one attached hydrogen (secondary N) is 1. The highest BCUT2D eigenvalue weighted by atomic mass is 32.2. The molecule has 1 aliphatic rings. The first kappa shape index (κ1) is 15.0. The van der Waals surface area contributed by atoms with Crippen molar-refractivity contribution >= 4 is 45.8 Å². The van der Waals surface area contributed by atoms with Gasteiger partial charge in [0.1, 0.15) is 4.32 Å². The topological polar surface area (TPSA) is 49.4 Å². The Kier molecular flexibility index (Phi) is 5.14. The lowest BCUT2D eigenvalue weighted by Gasteiger charge is -2.14. The zero-order valence-electron chi connectivity index (χ0n) is 11.2. The van der Waals surface area contributed by atoms with Crippen LogP contribution < -0.4 is 5.32 Å². The number of amides is 2. The summed E-state index contributed by atoms with van der Waals surface area (Å²) >= 11 is 6.55. The van der Waals surface area contributed by atoms with E-state index < -0.39 is 0 Å². The summed E-state index contributed by atoms with van der Waals surface area (Å²) < 4.78 is 0.617. The molecular formula is C14H16N2O2S2. The molecule has 6 heteroatoms. The van der Waals surface area contributed by atoms with Crippen molar-refractivity contribution in [3.63, 3.8) is 0 Å². The van der Waals surface area contributed by atoms with E-state index in [1.165, 1.54) is 11.8 Å². The monoisotopic (exact) mass is 308 g/mol. The van der Waals surface area contributed by atoms with Gasteiger partial charge in [-0.3, -0.25) is 14.5 Å². The zero-order valence-corrected chi connectivity index (χ0v) is 12.8. The molecule has 106 valence electrons. The Hall–Kier alpha value is -1.40. The Morgan fingerprint density at radius 1 is 1.40 bits per heavy atom. The maximum Gasteiger partial charge on any atom is 0.241 e. The number of thioether (sulfide) groups is 1. The van der Waals surface area contributed by atoms with Crippen molar-refractivity contribution in [2.45, 2.75) is 25.0 Å². The van der Waals surface area contributed by atoms with Crippen LogP contribution in [0.1, 0.15) is 19.8 Å². The van der Waals surface area contributed by atoms with Gasteiger partial charge in [0.05, 0.1) is 5.25 Å². The Morgan fingerprint density at radius 2 is 2.10 bits per heavy atom. The summed E-state index contributed by atoms with van der Waals surface area (Å²) in [5, 5.41) is 2.72. The molecule has 1 N–H and O–H groups in total. The second-order valence-corrected chi connectivity index (χ2v) is 6.51. The molecule has 0 aliphatic carbocycles. The average molecular weight is 308 g/mol. The maximum absolute atomic E-state index is 11.8. The van der Waals surface area contributed by atoms with E-state index in [2.05, 4.69) is 5.32 Å². The third-order valence-corrected chi connectivity index (χ3v) is 4.44. The Labute approximate surface area is 127 Å². The first-order valence-electron chi connectivity index (χ1n) is 6.45. The van der Waals surface area contributed by atoms with Crippen LogP contribution >= 0.6 is 24.0 Å². The Balaban J connectivity index is 1.75. The van der Waals surface area contributed by atoms with Crippen LogP contribution in [0.5, 0.6) is 0 Å². The summed E-state index contributed by atoms with van der Waals surface area (Å²) in [6.45, 7) is 2.36. The van der Waals surface area contributed by atoms with Crippen molar-refractivity contribution in [1.29, 1.82) is 0 Å². The van der Waals surface area contributed by atoms with E-state index in [-0.39, 0.29) is 17.1 Å². The fourth-order valence-corrected chi connectivity index (χ4v) is 3.37. The van der Waals surface area contributed by atoms with E-state index in [0.29, 0.717) is 23.7 Å². The number of hydrogen-bond acceptors (Lipinski definition) is 4. The number of nitrogens with zero attached hydrogens (tertiary/aromatic N) is 1. The standard InChI is InChI=1S/C14H16N2O2S2/c1-10-13(18)16(14(19)20-10)9-5-8-12(17)15-11-6-3-2-4-7-11/h2-4,6-7,10H,5,8-9H2,1H3,(H,15,17). The van der Waals surface area contributed by atoms with Gasteiger partial charge in [-0.2, -0.15) is 0 Å². The number of carbonyl (C=O) groups is 2. The van der Waals surface area contributed by atoms with Crippen molar-refractivity contribution in [2.24, 2.45) is 0 Å². The molecule has 20 heavy (non-hydrogen) atoms. The normalized spacial score (nSPS) is 18.4. The molecule has 1 aromatic rings. The highest BCUT2D eigenvalue weighted by molar-refractivity contribution is 8.24. The number of carbonyl (C=O) groups excluding carboxylic acids is 2. The van der Waals surface area contributed by atoms with Crippen LogP contribution in [0.15, 0.2) is 30.3 Å². The summed E-state index contributed by atoms with van der Waals surface area (Å²) in [6.07, 6.45) is 0.984. The maximum atomic E-state index is 11.8. The molecular weight excluding hydrogens is 292 g/mol. The fraction of sp³-hybridized carbons (Fsp3) is 0.357. The highest BCUT2D eigenvalue weighted by Crippen LogP contribution is 2.26. The minimum atomic E-state index is -0.0966. The van der Waals surface area contributed by atoms with Crippen LogP contribution in [-0.2, 0) is 9.59 Å². The number of hydrogen-bond donors (Lipinski definition) is 1. The molecule has 1 atom stereocenters. The van der Waals surface area contributed by atoms with Crippen LogP contribution in [0, 0.1) is 0 Å². The molecule has 2 amide bonds. The van der Waals surface area contributed by atoms with Crippen LogP contribution in [0.3, 0.4) is 0 Å². The van der Waals surface area contributed by atoms with E-state index in [0.717, 1.165) is 5.69 Å². The lowest BCUT2D eigenvalue weighted by Crippen LogP contribution is -2.32. The van der Waals surface area contributed by atoms with Gasteiger partial charge in [-0.15, -0.1) is 0 Å². The van der Waals surface area contributed by atoms with Gasteiger partial charge in [-0.1, -0.05) is 42.2 Å². The summed E-state index contributed by atoms with van der Waals surface area (Å²) in [5.74, 6) is -0.00191. The molecule has 0 bridgehead atoms. The molecule has 1 heterocycles. The predicted molar refractivity (Wildman–Crippen MR) is 85.7 cm³/mol. The Morgan fingerprint density at radius 3 is 2.70 bits per heavy atom. The van der Waals surface area contributed by atoms with Crippen LogP contribution in [0.2, 0.25) is 0 Å². The fourth-order valence-electron chi connectivity index (χ4n) is 1.92. The first-order valence-corrected chi connectivity index (χ1v) is 7.73. The Bertz CT molecular complexity index is 519. The minimum absolute atomic E-state index is 0.0449. The number of rotatable bonds is 5. The minimum Gasteiger partial charge on any atom is -0.326 e. The summed E-state index contributed by atoms with van der Waals surface area (Å²) in [7, 11) is 0. The summed E-state index contributed by atoms with van der Waals surface area (Å²) in [6, 6.07) is 9.32. The zero-order chi connectivity index (χ0) is 14.5. The van der Waals surface area contributed by atoms with Crippen LogP contribution in [0.25, 0.3) is 0 Å². The van der Waals surface area contributed by atoms with E-state index in [1.807, 2.05) is 37.3 Å². The first-order chi connectivity index (χ1) is 9.58. The molecule has 1 unspecified atom stereocenters. The summed E-state index contributed by atoms with van der Waals surface area (Å²) in [4.78, 5) is 25.2. The molecule has 1 saturated heterocycles. The van der Waals surface area contributed by atoms with Crippen molar-refractivity contribution in [1.82, 2.24) is 4.90 Å². The lowest BCUT2D eigenvalue weighted by molar-refractivity contribution is -0.126. The van der Waals surface area contributed by atoms with Gasteiger partial charge >= 0.3 is 0 Å². The van der Waals surface area contributed by atoms with E-state index >= 15 is 0 Å². The third kappa shape index (κ3) is 3.80. The number of thiocarbonyl (C=S) groups is 1. The third-order valence-electron chi connectivity index (χ3n) is 2.95. The van der Waals surface area contributed by atoms with Gasteiger partial charge in [-0.05, 0) is 25.5 Å². The molecule has 0 saturated carbocycles. The largest absolute Gasteiger partial charge is 0.326 e. The van der Waals surface area contributed by atoms with Gasteiger partial charge in [0, 0.05) is 18.7 Å². The van der Waals surface area contributed by atoms with Crippen molar-refractivity contribution in [3.05, 3.63) is 30.3 Å². The van der Waals surface area contributed by atoms with Crippen molar-refractivity contribution in [3.8, 4) is 0 Å². The van der Waals surface area contributed by atoms with Gasteiger partial charge in [0.2, 0.25) is 11.8 Å². The van der Waals surface area contributed by atoms with E-state index in [4.69, 9.17) is 12.2 Å². The smallest absolute Gasteiger partial charge is 0.241 e. The van der Waals surface area contributed by atoms with Crippen molar-refractivity contribution < 1.29 is 9.59 Å². The second-order valence-electron chi connectivity index (χ2n) is 4.53.